The molecular formula is C15H15FN2O4S3. The molecule has 3 N–H and O–H groups in total. The summed E-state index contributed by atoms with van der Waals surface area (Å²) in [6.07, 6.45) is 3.25. The number of thioether (sulfide) groups is 1. The van der Waals surface area contributed by atoms with Gasteiger partial charge in [-0.15, -0.1) is 11.8 Å². The van der Waals surface area contributed by atoms with Crippen molar-refractivity contribution in [3.05, 3.63) is 59.3 Å². The van der Waals surface area contributed by atoms with Crippen LogP contribution in [0.3, 0.4) is 0 Å². The van der Waals surface area contributed by atoms with Gasteiger partial charge in [-0.1, -0.05) is 18.2 Å². The fourth-order valence-electron chi connectivity index (χ4n) is 1.95. The van der Waals surface area contributed by atoms with E-state index in [9.17, 15) is 21.2 Å². The quantitative estimate of drug-likeness (QED) is 0.723. The lowest BCUT2D eigenvalue weighted by atomic mass is 10.2. The van der Waals surface area contributed by atoms with Crippen LogP contribution < -0.4 is 9.86 Å². The Kier molecular flexibility index (Phi) is 5.88. The maximum Gasteiger partial charge on any atom is 0.255 e. The number of nitrogens with two attached hydrogens (primary N) is 1. The highest BCUT2D eigenvalue weighted by Gasteiger charge is 2.21. The van der Waals surface area contributed by atoms with Crippen LogP contribution in [0.25, 0.3) is 6.08 Å². The van der Waals surface area contributed by atoms with Crippen LogP contribution in [0.1, 0.15) is 5.56 Å². The number of benzene rings is 2. The molecule has 0 amide bonds. The Morgan fingerprint density at radius 2 is 1.72 bits per heavy atom. The number of primary sulfonamides is 1. The van der Waals surface area contributed by atoms with E-state index in [1.54, 1.807) is 23.9 Å². The third kappa shape index (κ3) is 5.30. The molecule has 0 saturated heterocycles. The molecule has 2 rings (SSSR count). The highest BCUT2D eigenvalue weighted by molar-refractivity contribution is 7.98. The van der Waals surface area contributed by atoms with Crippen molar-refractivity contribution in [1.82, 2.24) is 0 Å². The van der Waals surface area contributed by atoms with Gasteiger partial charge in [-0.2, -0.15) is 0 Å². The predicted octanol–water partition coefficient (Wildman–Crippen LogP) is 2.61. The van der Waals surface area contributed by atoms with Gasteiger partial charge in [0.25, 0.3) is 10.0 Å². The first kappa shape index (κ1) is 19.4. The normalized spacial score (nSPS) is 12.4. The first-order valence-corrected chi connectivity index (χ1v) is 11.1. The fraction of sp³-hybridized carbons (Fsp3) is 0.0667. The van der Waals surface area contributed by atoms with Crippen molar-refractivity contribution in [3.63, 3.8) is 0 Å². The minimum absolute atomic E-state index is 0.454. The van der Waals surface area contributed by atoms with Crippen molar-refractivity contribution in [2.45, 2.75) is 9.79 Å². The van der Waals surface area contributed by atoms with Gasteiger partial charge < -0.3 is 0 Å². The molecule has 0 aliphatic carbocycles. The molecule has 0 saturated carbocycles. The molecule has 6 nitrogen and oxygen atoms in total. The molecule has 134 valence electrons. The van der Waals surface area contributed by atoms with Crippen molar-refractivity contribution < 1.29 is 21.2 Å². The Labute approximate surface area is 150 Å². The van der Waals surface area contributed by atoms with Gasteiger partial charge in [0.2, 0.25) is 10.0 Å². The van der Waals surface area contributed by atoms with Crippen molar-refractivity contribution in [2.75, 3.05) is 11.0 Å². The Morgan fingerprint density at radius 3 is 2.28 bits per heavy atom. The molecule has 0 radical (unpaired) electrons. The number of anilines is 1. The molecule has 2 aromatic rings. The average Bonchev–Trinajstić information content (AvgIpc) is 2.52. The summed E-state index contributed by atoms with van der Waals surface area (Å²) in [7, 11) is -8.51. The SMILES string of the molecule is CSc1ccc(/C=C/S(=O)(=O)Nc2cccc(F)c2S(N)(=O)=O)cc1. The lowest BCUT2D eigenvalue weighted by Crippen LogP contribution is -2.19. The molecule has 0 aliphatic rings. The Hall–Kier alpha value is -1.88. The number of nitrogens with one attached hydrogen (secondary N) is 1. The predicted molar refractivity (Wildman–Crippen MR) is 97.6 cm³/mol. The van der Waals surface area contributed by atoms with Gasteiger partial charge in [-0.25, -0.2) is 26.4 Å². The van der Waals surface area contributed by atoms with Gasteiger partial charge in [0, 0.05) is 4.90 Å². The maximum absolute atomic E-state index is 13.7. The van der Waals surface area contributed by atoms with Crippen molar-refractivity contribution in [2.24, 2.45) is 5.14 Å². The van der Waals surface area contributed by atoms with E-state index >= 15 is 0 Å². The molecule has 0 fully saturated rings. The van der Waals surface area contributed by atoms with Gasteiger partial charge in [0.05, 0.1) is 11.1 Å². The lowest BCUT2D eigenvalue weighted by molar-refractivity contribution is 0.569. The standard InChI is InChI=1S/C15H15FN2O4S3/c1-23-12-7-5-11(6-8-12)9-10-24(19,20)18-14-4-2-3-13(16)15(14)25(17,21)22/h2-10,18H,1H3,(H2,17,21,22)/b10-9+. The van der Waals surface area contributed by atoms with Gasteiger partial charge in [0.15, 0.2) is 0 Å². The van der Waals surface area contributed by atoms with Gasteiger partial charge in [0.1, 0.15) is 10.7 Å². The summed E-state index contributed by atoms with van der Waals surface area (Å²) in [5.41, 5.74) is 0.180. The molecule has 0 bridgehead atoms. The summed E-state index contributed by atoms with van der Waals surface area (Å²) in [6, 6.07) is 10.3. The smallest absolute Gasteiger partial charge is 0.255 e. The van der Waals surface area contributed by atoms with Crippen molar-refractivity contribution in [3.8, 4) is 0 Å². The van der Waals surface area contributed by atoms with Crippen LogP contribution in [0, 0.1) is 5.82 Å². The second kappa shape index (κ2) is 7.56. The molecule has 10 heteroatoms. The summed E-state index contributed by atoms with van der Waals surface area (Å²) in [6.45, 7) is 0. The van der Waals surface area contributed by atoms with Gasteiger partial charge in [-0.3, -0.25) is 4.72 Å². The summed E-state index contributed by atoms with van der Waals surface area (Å²) in [5, 5.41) is 5.81. The second-order valence-electron chi connectivity index (χ2n) is 4.88. The summed E-state index contributed by atoms with van der Waals surface area (Å²) in [4.78, 5) is 0.118. The lowest BCUT2D eigenvalue weighted by Gasteiger charge is -2.10. The molecule has 25 heavy (non-hydrogen) atoms. The highest BCUT2D eigenvalue weighted by atomic mass is 32.2. The Bertz CT molecular complexity index is 1000. The van der Waals surface area contributed by atoms with E-state index in [2.05, 4.69) is 0 Å². The molecule has 2 aromatic carbocycles. The van der Waals surface area contributed by atoms with E-state index in [0.29, 0.717) is 5.56 Å². The zero-order valence-electron chi connectivity index (χ0n) is 13.0. The van der Waals surface area contributed by atoms with E-state index in [1.165, 1.54) is 12.1 Å². The molecule has 0 heterocycles. The van der Waals surface area contributed by atoms with Gasteiger partial charge >= 0.3 is 0 Å². The van der Waals surface area contributed by atoms with Crippen LogP contribution >= 0.6 is 11.8 Å². The van der Waals surface area contributed by atoms with E-state index in [-0.39, 0.29) is 0 Å². The number of sulfonamides is 2. The molecular weight excluding hydrogens is 387 g/mol. The van der Waals surface area contributed by atoms with Crippen LogP contribution in [-0.2, 0) is 20.0 Å². The van der Waals surface area contributed by atoms with E-state index in [0.717, 1.165) is 22.4 Å². The monoisotopic (exact) mass is 402 g/mol. The third-order valence-electron chi connectivity index (χ3n) is 3.06. The first-order valence-electron chi connectivity index (χ1n) is 6.79. The van der Waals surface area contributed by atoms with Crippen molar-refractivity contribution in [1.29, 1.82) is 0 Å². The first-order chi connectivity index (χ1) is 11.6. The second-order valence-corrected chi connectivity index (χ2v) is 8.83. The van der Waals surface area contributed by atoms with E-state index in [1.807, 2.05) is 23.1 Å². The largest absolute Gasteiger partial charge is 0.279 e. The number of hydrogen-bond acceptors (Lipinski definition) is 5. The maximum atomic E-state index is 13.7. The number of hydrogen-bond donors (Lipinski definition) is 2. The number of rotatable bonds is 6. The van der Waals surface area contributed by atoms with Crippen LogP contribution in [0.2, 0.25) is 0 Å². The molecule has 0 aromatic heterocycles. The van der Waals surface area contributed by atoms with Crippen LogP contribution in [0.15, 0.2) is 57.7 Å². The molecule has 0 unspecified atom stereocenters. The van der Waals surface area contributed by atoms with Crippen molar-refractivity contribution >= 4 is 43.6 Å². The highest BCUT2D eigenvalue weighted by Crippen LogP contribution is 2.24. The Morgan fingerprint density at radius 1 is 1.08 bits per heavy atom. The Balaban J connectivity index is 2.30. The van der Waals surface area contributed by atoms with E-state index in [4.69, 9.17) is 5.14 Å². The fourth-order valence-corrected chi connectivity index (χ4v) is 4.07. The van der Waals surface area contributed by atoms with E-state index < -0.39 is 36.4 Å². The zero-order chi connectivity index (χ0) is 18.7. The zero-order valence-corrected chi connectivity index (χ0v) is 15.5. The minimum atomic E-state index is -4.44. The minimum Gasteiger partial charge on any atom is -0.279 e. The van der Waals surface area contributed by atoms with Gasteiger partial charge in [-0.05, 0) is 42.2 Å². The topological polar surface area (TPSA) is 106 Å². The summed E-state index contributed by atoms with van der Waals surface area (Å²) >= 11 is 1.55. The third-order valence-corrected chi connectivity index (χ3v) is 5.79. The summed E-state index contributed by atoms with van der Waals surface area (Å²) < 4.78 is 63.0. The number of halogens is 1. The van der Waals surface area contributed by atoms with Crippen LogP contribution in [0.5, 0.6) is 0 Å². The molecule has 0 aliphatic heterocycles. The van der Waals surface area contributed by atoms with Crippen LogP contribution in [0.4, 0.5) is 10.1 Å². The summed E-state index contributed by atoms with van der Waals surface area (Å²) in [5.74, 6) is -1.14. The molecule has 0 spiro atoms. The molecule has 0 atom stereocenters. The van der Waals surface area contributed by atoms with Crippen LogP contribution in [-0.4, -0.2) is 23.1 Å². The average molecular weight is 402 g/mol.